The van der Waals surface area contributed by atoms with Gasteiger partial charge in [0.15, 0.2) is 0 Å². The van der Waals surface area contributed by atoms with Crippen LogP contribution in [0.1, 0.15) is 55.8 Å². The molecule has 1 N–H and O–H groups in total. The molecule has 2 rings (SSSR count). The molecule has 0 radical (unpaired) electrons. The highest BCUT2D eigenvalue weighted by atomic mass is 32.2. The van der Waals surface area contributed by atoms with Gasteiger partial charge in [-0.3, -0.25) is 0 Å². The largest absolute Gasteiger partial charge is 0.216 e. The van der Waals surface area contributed by atoms with E-state index in [1.165, 1.54) is 5.56 Å². The summed E-state index contributed by atoms with van der Waals surface area (Å²) in [5, 5.41) is 0. The van der Waals surface area contributed by atoms with Gasteiger partial charge in [-0.25, -0.2) is 13.1 Å². The lowest BCUT2D eigenvalue weighted by Gasteiger charge is -2.16. The molecule has 0 amide bonds. The van der Waals surface area contributed by atoms with E-state index in [4.69, 9.17) is 0 Å². The predicted molar refractivity (Wildman–Crippen MR) is 95.8 cm³/mol. The van der Waals surface area contributed by atoms with Crippen molar-refractivity contribution < 1.29 is 8.42 Å². The third-order valence-corrected chi connectivity index (χ3v) is 5.60. The monoisotopic (exact) mass is 331 g/mol. The van der Waals surface area contributed by atoms with Gasteiger partial charge < -0.3 is 0 Å². The highest BCUT2D eigenvalue weighted by Gasteiger charge is 2.16. The molecule has 2 aromatic rings. The third kappa shape index (κ3) is 5.19. The van der Waals surface area contributed by atoms with Gasteiger partial charge in [-0.2, -0.15) is 0 Å². The summed E-state index contributed by atoms with van der Waals surface area (Å²) in [5.74, 6) is 0.525. The van der Waals surface area contributed by atoms with Gasteiger partial charge in [0.2, 0.25) is 10.0 Å². The van der Waals surface area contributed by atoms with Crippen LogP contribution in [0.4, 0.5) is 0 Å². The Hall–Kier alpha value is -1.65. The minimum atomic E-state index is -3.36. The number of nitrogens with one attached hydrogen (secondary N) is 1. The van der Waals surface area contributed by atoms with Crippen LogP contribution in [-0.2, 0) is 15.8 Å². The quantitative estimate of drug-likeness (QED) is 0.818. The molecule has 0 bridgehead atoms. The Morgan fingerprint density at radius 1 is 0.913 bits per heavy atom. The maximum absolute atomic E-state index is 12.3. The molecule has 0 spiro atoms. The van der Waals surface area contributed by atoms with Crippen LogP contribution in [0.5, 0.6) is 0 Å². The molecule has 4 heteroatoms. The van der Waals surface area contributed by atoms with Crippen LogP contribution in [0.15, 0.2) is 54.6 Å². The molecule has 0 saturated heterocycles. The maximum Gasteiger partial charge on any atom is 0.216 e. The molecule has 3 nitrogen and oxygen atoms in total. The Bertz CT molecular complexity index is 709. The molecular formula is C19H25NO2S. The molecule has 23 heavy (non-hydrogen) atoms. The van der Waals surface area contributed by atoms with Crippen molar-refractivity contribution in [1.82, 2.24) is 4.72 Å². The van der Waals surface area contributed by atoms with Crippen molar-refractivity contribution in [3.8, 4) is 0 Å². The van der Waals surface area contributed by atoms with Crippen molar-refractivity contribution in [2.24, 2.45) is 0 Å². The zero-order valence-electron chi connectivity index (χ0n) is 14.0. The van der Waals surface area contributed by atoms with E-state index in [1.807, 2.05) is 49.4 Å². The van der Waals surface area contributed by atoms with E-state index in [-0.39, 0.29) is 11.8 Å². The summed E-state index contributed by atoms with van der Waals surface area (Å²) in [6.45, 7) is 6.24. The van der Waals surface area contributed by atoms with Crippen LogP contribution in [-0.4, -0.2) is 8.42 Å². The smallest absolute Gasteiger partial charge is 0.212 e. The normalized spacial score (nSPS) is 14.4. The summed E-state index contributed by atoms with van der Waals surface area (Å²) < 4.78 is 27.3. The van der Waals surface area contributed by atoms with E-state index in [0.29, 0.717) is 5.92 Å². The molecule has 0 heterocycles. The zero-order valence-corrected chi connectivity index (χ0v) is 14.8. The van der Waals surface area contributed by atoms with E-state index >= 15 is 0 Å². The van der Waals surface area contributed by atoms with Gasteiger partial charge in [0.1, 0.15) is 0 Å². The Morgan fingerprint density at radius 2 is 1.48 bits per heavy atom. The van der Waals surface area contributed by atoms with Gasteiger partial charge in [-0.15, -0.1) is 0 Å². The molecule has 124 valence electrons. The Kier molecular flexibility index (Phi) is 5.97. The lowest BCUT2D eigenvalue weighted by Crippen LogP contribution is -2.28. The highest BCUT2D eigenvalue weighted by molar-refractivity contribution is 7.88. The summed E-state index contributed by atoms with van der Waals surface area (Å²) in [4.78, 5) is 0. The fourth-order valence-electron chi connectivity index (χ4n) is 2.52. The lowest BCUT2D eigenvalue weighted by molar-refractivity contribution is 0.566. The Labute approximate surface area is 139 Å². The van der Waals surface area contributed by atoms with Crippen LogP contribution in [0, 0.1) is 0 Å². The van der Waals surface area contributed by atoms with Gasteiger partial charge in [-0.05, 0) is 36.0 Å². The van der Waals surface area contributed by atoms with Crippen LogP contribution in [0.3, 0.4) is 0 Å². The Morgan fingerprint density at radius 3 is 2.04 bits per heavy atom. The average molecular weight is 331 g/mol. The van der Waals surface area contributed by atoms with E-state index < -0.39 is 10.0 Å². The van der Waals surface area contributed by atoms with E-state index in [1.54, 1.807) is 0 Å². The molecular weight excluding hydrogens is 306 g/mol. The van der Waals surface area contributed by atoms with Crippen molar-refractivity contribution in [1.29, 1.82) is 0 Å². The fraction of sp³-hybridized carbons (Fsp3) is 0.368. The van der Waals surface area contributed by atoms with Crippen LogP contribution < -0.4 is 4.72 Å². The second kappa shape index (κ2) is 7.75. The fourth-order valence-corrected chi connectivity index (χ4v) is 3.91. The standard InChI is InChI=1S/C19H25NO2S/c1-4-15(2)18-10-12-19(13-11-18)16(3)20-23(21,22)14-17-8-6-5-7-9-17/h5-13,15-16,20H,4,14H2,1-3H3. The lowest BCUT2D eigenvalue weighted by atomic mass is 9.96. The number of sulfonamides is 1. The Balaban J connectivity index is 2.04. The number of hydrogen-bond donors (Lipinski definition) is 1. The minimum Gasteiger partial charge on any atom is -0.212 e. The topological polar surface area (TPSA) is 46.2 Å². The van der Waals surface area contributed by atoms with Crippen molar-refractivity contribution in [2.75, 3.05) is 0 Å². The van der Waals surface area contributed by atoms with Crippen molar-refractivity contribution >= 4 is 10.0 Å². The SMILES string of the molecule is CCC(C)c1ccc(C(C)NS(=O)(=O)Cc2ccccc2)cc1. The van der Waals surface area contributed by atoms with Crippen LogP contribution in [0.2, 0.25) is 0 Å². The van der Waals surface area contributed by atoms with Crippen molar-refractivity contribution in [3.05, 3.63) is 71.3 Å². The molecule has 2 atom stereocenters. The molecule has 0 aromatic heterocycles. The molecule has 0 aliphatic heterocycles. The first-order valence-corrected chi connectivity index (χ1v) is 9.70. The van der Waals surface area contributed by atoms with Gasteiger partial charge in [0.05, 0.1) is 5.75 Å². The highest BCUT2D eigenvalue weighted by Crippen LogP contribution is 2.21. The molecule has 2 aromatic carbocycles. The van der Waals surface area contributed by atoms with Crippen LogP contribution in [0.25, 0.3) is 0 Å². The summed E-state index contributed by atoms with van der Waals surface area (Å²) in [7, 11) is -3.36. The van der Waals surface area contributed by atoms with E-state index in [2.05, 4.69) is 30.7 Å². The summed E-state index contributed by atoms with van der Waals surface area (Å²) in [6.07, 6.45) is 1.10. The third-order valence-electron chi connectivity index (χ3n) is 4.17. The molecule has 0 aliphatic carbocycles. The molecule has 0 saturated carbocycles. The van der Waals surface area contributed by atoms with Gasteiger partial charge >= 0.3 is 0 Å². The van der Waals surface area contributed by atoms with Crippen LogP contribution >= 0.6 is 0 Å². The summed E-state index contributed by atoms with van der Waals surface area (Å²) >= 11 is 0. The number of benzene rings is 2. The predicted octanol–water partition coefficient (Wildman–Crippen LogP) is 4.38. The van der Waals surface area contributed by atoms with Gasteiger partial charge in [0.25, 0.3) is 0 Å². The summed E-state index contributed by atoms with van der Waals surface area (Å²) in [6, 6.07) is 17.2. The maximum atomic E-state index is 12.3. The minimum absolute atomic E-state index is 0.00311. The average Bonchev–Trinajstić information content (AvgIpc) is 2.54. The van der Waals surface area contributed by atoms with Crippen molar-refractivity contribution in [3.63, 3.8) is 0 Å². The molecule has 0 fully saturated rings. The van der Waals surface area contributed by atoms with E-state index in [0.717, 1.165) is 17.5 Å². The summed E-state index contributed by atoms with van der Waals surface area (Å²) in [5.41, 5.74) is 3.06. The molecule has 0 aliphatic rings. The van der Waals surface area contributed by atoms with E-state index in [9.17, 15) is 8.42 Å². The second-order valence-electron chi connectivity index (χ2n) is 6.06. The first-order valence-electron chi connectivity index (χ1n) is 8.05. The first-order chi connectivity index (χ1) is 10.9. The first kappa shape index (κ1) is 17.7. The molecule has 2 unspecified atom stereocenters. The van der Waals surface area contributed by atoms with Gasteiger partial charge in [-0.1, -0.05) is 68.4 Å². The number of rotatable bonds is 7. The van der Waals surface area contributed by atoms with Crippen molar-refractivity contribution in [2.45, 2.75) is 44.9 Å². The van der Waals surface area contributed by atoms with Gasteiger partial charge in [0, 0.05) is 6.04 Å². The second-order valence-corrected chi connectivity index (χ2v) is 7.81. The zero-order chi connectivity index (χ0) is 16.9. The number of hydrogen-bond acceptors (Lipinski definition) is 2.